The van der Waals surface area contributed by atoms with Crippen molar-refractivity contribution in [1.82, 2.24) is 19.4 Å². The highest BCUT2D eigenvalue weighted by Crippen LogP contribution is 2.31. The zero-order valence-electron chi connectivity index (χ0n) is 15.8. The van der Waals surface area contributed by atoms with Crippen LogP contribution in [0.25, 0.3) is 33.3 Å². The zero-order valence-corrected chi connectivity index (χ0v) is 15.8. The van der Waals surface area contributed by atoms with Crippen molar-refractivity contribution in [3.63, 3.8) is 0 Å². The Bertz CT molecular complexity index is 1030. The van der Waals surface area contributed by atoms with E-state index in [4.69, 9.17) is 0 Å². The molecule has 1 aromatic carbocycles. The summed E-state index contributed by atoms with van der Waals surface area (Å²) in [7, 11) is 4.23. The van der Waals surface area contributed by atoms with Crippen LogP contribution in [0.5, 0.6) is 0 Å². The fourth-order valence-corrected chi connectivity index (χ4v) is 3.45. The van der Waals surface area contributed by atoms with Gasteiger partial charge in [0.1, 0.15) is 0 Å². The summed E-state index contributed by atoms with van der Waals surface area (Å²) in [4.78, 5) is 11.4. The van der Waals surface area contributed by atoms with Gasteiger partial charge in [0.2, 0.25) is 0 Å². The molecule has 0 spiro atoms. The summed E-state index contributed by atoms with van der Waals surface area (Å²) >= 11 is 0. The molecule has 0 bridgehead atoms. The van der Waals surface area contributed by atoms with Gasteiger partial charge in [-0.1, -0.05) is 30.3 Å². The Morgan fingerprint density at radius 2 is 1.74 bits per heavy atom. The number of aromatic nitrogens is 3. The summed E-state index contributed by atoms with van der Waals surface area (Å²) in [5.41, 5.74) is 6.75. The van der Waals surface area contributed by atoms with E-state index in [1.165, 1.54) is 11.1 Å². The number of fused-ring (bicyclic) bond motifs is 1. The van der Waals surface area contributed by atoms with Crippen LogP contribution in [-0.2, 0) is 6.54 Å². The van der Waals surface area contributed by atoms with Crippen LogP contribution in [0.4, 0.5) is 0 Å². The van der Waals surface area contributed by atoms with Crippen molar-refractivity contribution in [2.24, 2.45) is 0 Å². The quantitative estimate of drug-likeness (QED) is 0.501. The second-order valence-corrected chi connectivity index (χ2v) is 7.09. The van der Waals surface area contributed by atoms with Crippen molar-refractivity contribution < 1.29 is 0 Å². The van der Waals surface area contributed by atoms with Gasteiger partial charge in [0.05, 0.1) is 11.0 Å². The summed E-state index contributed by atoms with van der Waals surface area (Å²) in [5, 5.41) is 0. The van der Waals surface area contributed by atoms with Crippen molar-refractivity contribution in [3.8, 4) is 22.3 Å². The van der Waals surface area contributed by atoms with Gasteiger partial charge in [-0.2, -0.15) is 0 Å². The lowest BCUT2D eigenvalue weighted by molar-refractivity contribution is 0.388. The molecule has 3 aromatic heterocycles. The molecule has 4 rings (SSSR count). The van der Waals surface area contributed by atoms with E-state index in [9.17, 15) is 0 Å². The van der Waals surface area contributed by atoms with Gasteiger partial charge in [-0.15, -0.1) is 0 Å². The van der Waals surface area contributed by atoms with E-state index in [-0.39, 0.29) is 0 Å². The summed E-state index contributed by atoms with van der Waals surface area (Å²) in [5.74, 6) is 0. The standard InChI is InChI=1S/C23H24N4/c1-26(2)12-7-13-27-17-21(23-22(27)10-6-11-25-23)20-14-19(15-24-16-20)18-8-4-3-5-9-18/h3-6,8-11,14-17H,7,12-13H2,1-2H3. The topological polar surface area (TPSA) is 34.0 Å². The average Bonchev–Trinajstić information content (AvgIpc) is 3.07. The second-order valence-electron chi connectivity index (χ2n) is 7.09. The van der Waals surface area contributed by atoms with Crippen LogP contribution in [0.3, 0.4) is 0 Å². The van der Waals surface area contributed by atoms with E-state index in [0.717, 1.165) is 41.7 Å². The Labute approximate surface area is 160 Å². The largest absolute Gasteiger partial charge is 0.345 e. The first kappa shape index (κ1) is 17.4. The maximum Gasteiger partial charge on any atom is 0.0959 e. The minimum absolute atomic E-state index is 0.978. The maximum atomic E-state index is 4.66. The van der Waals surface area contributed by atoms with Gasteiger partial charge in [-0.3, -0.25) is 9.97 Å². The Hall–Kier alpha value is -2.98. The Morgan fingerprint density at radius 1 is 0.926 bits per heavy atom. The van der Waals surface area contributed by atoms with Crippen molar-refractivity contribution in [1.29, 1.82) is 0 Å². The third kappa shape index (κ3) is 3.76. The summed E-state index contributed by atoms with van der Waals surface area (Å²) < 4.78 is 2.32. The smallest absolute Gasteiger partial charge is 0.0959 e. The van der Waals surface area contributed by atoms with Crippen LogP contribution in [-0.4, -0.2) is 40.1 Å². The number of pyridine rings is 2. The number of hydrogen-bond acceptors (Lipinski definition) is 3. The maximum absolute atomic E-state index is 4.66. The minimum atomic E-state index is 0.978. The van der Waals surface area contributed by atoms with Gasteiger partial charge < -0.3 is 9.47 Å². The number of aryl methyl sites for hydroxylation is 1. The fourth-order valence-electron chi connectivity index (χ4n) is 3.45. The molecule has 27 heavy (non-hydrogen) atoms. The van der Waals surface area contributed by atoms with Gasteiger partial charge in [0, 0.05) is 48.0 Å². The lowest BCUT2D eigenvalue weighted by Gasteiger charge is -2.10. The first-order valence-electron chi connectivity index (χ1n) is 9.32. The van der Waals surface area contributed by atoms with Crippen LogP contribution in [0.15, 0.2) is 73.3 Å². The molecule has 0 unspecified atom stereocenters. The molecule has 0 aliphatic rings. The van der Waals surface area contributed by atoms with Crippen LogP contribution >= 0.6 is 0 Å². The number of nitrogens with zero attached hydrogens (tertiary/aromatic N) is 4. The molecule has 0 saturated heterocycles. The normalized spacial score (nSPS) is 11.4. The van der Waals surface area contributed by atoms with Gasteiger partial charge in [0.15, 0.2) is 0 Å². The van der Waals surface area contributed by atoms with Gasteiger partial charge in [-0.05, 0) is 50.8 Å². The zero-order chi connectivity index (χ0) is 18.6. The fraction of sp³-hybridized carbons (Fsp3) is 0.217. The summed E-state index contributed by atoms with van der Waals surface area (Å²) in [6.45, 7) is 2.05. The molecule has 4 aromatic rings. The Morgan fingerprint density at radius 3 is 2.56 bits per heavy atom. The monoisotopic (exact) mass is 356 g/mol. The summed E-state index contributed by atoms with van der Waals surface area (Å²) in [6.07, 6.45) is 9.04. The lowest BCUT2D eigenvalue weighted by Crippen LogP contribution is -2.14. The lowest BCUT2D eigenvalue weighted by atomic mass is 10.0. The van der Waals surface area contributed by atoms with Crippen LogP contribution < -0.4 is 0 Å². The molecule has 0 amide bonds. The van der Waals surface area contributed by atoms with E-state index in [0.29, 0.717) is 0 Å². The van der Waals surface area contributed by atoms with Crippen LogP contribution in [0.2, 0.25) is 0 Å². The predicted molar refractivity (Wildman–Crippen MR) is 112 cm³/mol. The molecule has 0 N–H and O–H groups in total. The molecule has 0 radical (unpaired) electrons. The van der Waals surface area contributed by atoms with Gasteiger partial charge in [-0.25, -0.2) is 0 Å². The highest BCUT2D eigenvalue weighted by molar-refractivity contribution is 5.93. The van der Waals surface area contributed by atoms with E-state index >= 15 is 0 Å². The van der Waals surface area contributed by atoms with Crippen molar-refractivity contribution >= 4 is 11.0 Å². The third-order valence-corrected chi connectivity index (χ3v) is 4.80. The molecule has 0 atom stereocenters. The highest BCUT2D eigenvalue weighted by Gasteiger charge is 2.12. The van der Waals surface area contributed by atoms with Crippen molar-refractivity contribution in [2.45, 2.75) is 13.0 Å². The molecule has 4 nitrogen and oxygen atoms in total. The molecule has 0 aliphatic heterocycles. The molecule has 136 valence electrons. The van der Waals surface area contributed by atoms with E-state index in [1.807, 2.05) is 30.7 Å². The molecular weight excluding hydrogens is 332 g/mol. The number of benzene rings is 1. The van der Waals surface area contributed by atoms with Gasteiger partial charge >= 0.3 is 0 Å². The molecule has 0 saturated carbocycles. The number of rotatable bonds is 6. The highest BCUT2D eigenvalue weighted by atomic mass is 15.1. The first-order valence-corrected chi connectivity index (χ1v) is 9.32. The average molecular weight is 356 g/mol. The van der Waals surface area contributed by atoms with E-state index in [2.05, 4.69) is 76.1 Å². The van der Waals surface area contributed by atoms with Crippen molar-refractivity contribution in [2.75, 3.05) is 20.6 Å². The van der Waals surface area contributed by atoms with Gasteiger partial charge in [0.25, 0.3) is 0 Å². The Kier molecular flexibility index (Phi) is 4.99. The second kappa shape index (κ2) is 7.72. The molecular formula is C23H24N4. The molecule has 0 fully saturated rings. The van der Waals surface area contributed by atoms with E-state index in [1.54, 1.807) is 0 Å². The molecule has 4 heteroatoms. The predicted octanol–water partition coefficient (Wildman–Crippen LogP) is 4.72. The van der Waals surface area contributed by atoms with E-state index < -0.39 is 0 Å². The Balaban J connectivity index is 1.74. The van der Waals surface area contributed by atoms with Crippen LogP contribution in [0.1, 0.15) is 6.42 Å². The first-order chi connectivity index (χ1) is 13.2. The molecule has 0 aliphatic carbocycles. The van der Waals surface area contributed by atoms with Crippen LogP contribution in [0, 0.1) is 0 Å². The minimum Gasteiger partial charge on any atom is -0.345 e. The van der Waals surface area contributed by atoms with Crippen molar-refractivity contribution in [3.05, 3.63) is 73.3 Å². The SMILES string of the molecule is CN(C)CCCn1cc(-c2cncc(-c3ccccc3)c2)c2ncccc21. The third-order valence-electron chi connectivity index (χ3n) is 4.80. The number of hydrogen-bond donors (Lipinski definition) is 0. The summed E-state index contributed by atoms with van der Waals surface area (Å²) in [6, 6.07) is 16.7. The molecule has 3 heterocycles.